The number of fused-ring (bicyclic) bond motifs is 1. The van der Waals surface area contributed by atoms with Gasteiger partial charge in [-0.2, -0.15) is 5.26 Å². The van der Waals surface area contributed by atoms with Crippen molar-refractivity contribution >= 4 is 22.2 Å². The summed E-state index contributed by atoms with van der Waals surface area (Å²) in [6.07, 6.45) is 3.07. The number of carbonyl (C=O) groups excluding carboxylic acids is 1. The molecule has 2 aromatic rings. The molecule has 130 valence electrons. The summed E-state index contributed by atoms with van der Waals surface area (Å²) in [4.78, 5) is 15.6. The molecule has 25 heavy (non-hydrogen) atoms. The third kappa shape index (κ3) is 4.28. The number of nitrogens with one attached hydrogen (secondary N) is 1. The van der Waals surface area contributed by atoms with E-state index >= 15 is 0 Å². The van der Waals surface area contributed by atoms with E-state index in [1.165, 1.54) is 10.4 Å². The molecular weight excluding hydrogens is 330 g/mol. The molecule has 4 nitrogen and oxygen atoms in total. The van der Waals surface area contributed by atoms with Gasteiger partial charge in [0.05, 0.1) is 12.1 Å². The Morgan fingerprint density at radius 3 is 2.88 bits per heavy atom. The van der Waals surface area contributed by atoms with E-state index in [-0.39, 0.29) is 5.91 Å². The van der Waals surface area contributed by atoms with E-state index in [0.29, 0.717) is 18.0 Å². The Labute approximate surface area is 153 Å². The lowest BCUT2D eigenvalue weighted by molar-refractivity contribution is -0.117. The maximum atomic E-state index is 12.4. The molecule has 0 spiro atoms. The number of nitrogens with zero attached hydrogens (tertiary/aromatic N) is 2. The van der Waals surface area contributed by atoms with Crippen LogP contribution >= 0.6 is 11.3 Å². The van der Waals surface area contributed by atoms with Crippen LogP contribution in [0.4, 0.5) is 5.00 Å². The first-order valence-electron chi connectivity index (χ1n) is 8.63. The summed E-state index contributed by atoms with van der Waals surface area (Å²) in [5.41, 5.74) is 3.00. The first-order chi connectivity index (χ1) is 12.1. The minimum absolute atomic E-state index is 0.0680. The van der Waals surface area contributed by atoms with E-state index in [4.69, 9.17) is 0 Å². The molecule has 1 amide bonds. The first-order valence-corrected chi connectivity index (χ1v) is 9.45. The fourth-order valence-corrected chi connectivity index (χ4v) is 4.70. The summed E-state index contributed by atoms with van der Waals surface area (Å²) in [7, 11) is 1.93. The molecule has 0 radical (unpaired) electrons. The molecule has 1 N–H and O–H groups in total. The number of thiophene rings is 1. The zero-order valence-corrected chi connectivity index (χ0v) is 15.5. The van der Waals surface area contributed by atoms with Crippen molar-refractivity contribution in [2.45, 2.75) is 32.7 Å². The molecule has 0 unspecified atom stereocenters. The molecule has 1 heterocycles. The molecule has 1 aromatic heterocycles. The van der Waals surface area contributed by atoms with E-state index in [2.05, 4.69) is 30.4 Å². The van der Waals surface area contributed by atoms with Gasteiger partial charge < -0.3 is 5.32 Å². The molecule has 3 rings (SSSR count). The maximum absolute atomic E-state index is 12.4. The number of benzene rings is 1. The third-order valence-electron chi connectivity index (χ3n) is 4.59. The van der Waals surface area contributed by atoms with Gasteiger partial charge in [-0.15, -0.1) is 11.3 Å². The number of likely N-dealkylation sites (N-methyl/N-ethyl adjacent to an activating group) is 1. The Bertz CT molecular complexity index is 791. The quantitative estimate of drug-likeness (QED) is 0.889. The van der Waals surface area contributed by atoms with Gasteiger partial charge in [-0.25, -0.2) is 0 Å². The lowest BCUT2D eigenvalue weighted by Gasteiger charge is -2.17. The molecule has 1 atom stereocenters. The highest BCUT2D eigenvalue weighted by atomic mass is 32.1. The monoisotopic (exact) mass is 353 g/mol. The lowest BCUT2D eigenvalue weighted by atomic mass is 9.89. The largest absolute Gasteiger partial charge is 0.315 e. The average molecular weight is 353 g/mol. The normalized spacial score (nSPS) is 16.3. The smallest absolute Gasteiger partial charge is 0.239 e. The minimum Gasteiger partial charge on any atom is -0.315 e. The Balaban J connectivity index is 1.64. The van der Waals surface area contributed by atoms with Gasteiger partial charge in [-0.1, -0.05) is 37.3 Å². The van der Waals surface area contributed by atoms with Crippen LogP contribution in [0.3, 0.4) is 0 Å². The van der Waals surface area contributed by atoms with E-state index in [1.807, 2.05) is 30.1 Å². The van der Waals surface area contributed by atoms with Gasteiger partial charge in [0, 0.05) is 11.4 Å². The number of nitriles is 1. The average Bonchev–Trinajstić information content (AvgIpc) is 2.91. The van der Waals surface area contributed by atoms with Crippen molar-refractivity contribution in [1.29, 1.82) is 5.26 Å². The van der Waals surface area contributed by atoms with Crippen LogP contribution in [0.25, 0.3) is 0 Å². The van der Waals surface area contributed by atoms with Crippen molar-refractivity contribution in [3.63, 3.8) is 0 Å². The highest BCUT2D eigenvalue weighted by molar-refractivity contribution is 7.16. The maximum Gasteiger partial charge on any atom is 0.239 e. The van der Waals surface area contributed by atoms with Gasteiger partial charge in [-0.05, 0) is 43.4 Å². The fourth-order valence-electron chi connectivity index (χ4n) is 3.32. The zero-order valence-electron chi connectivity index (χ0n) is 14.7. The summed E-state index contributed by atoms with van der Waals surface area (Å²) < 4.78 is 0. The standard InChI is InChI=1S/C20H23N3OS/c1-14-8-9-16-17(11-21)20(25-18(16)10-14)22-19(24)13-23(2)12-15-6-4-3-5-7-15/h3-7,14H,8-10,12-13H2,1-2H3,(H,22,24)/t14-/m1/s1. The van der Waals surface area contributed by atoms with Crippen LogP contribution in [0.15, 0.2) is 30.3 Å². The Morgan fingerprint density at radius 2 is 2.16 bits per heavy atom. The second-order valence-corrected chi connectivity index (χ2v) is 7.98. The second-order valence-electron chi connectivity index (χ2n) is 6.87. The molecule has 0 aliphatic heterocycles. The van der Waals surface area contributed by atoms with Crippen LogP contribution in [0.5, 0.6) is 0 Å². The van der Waals surface area contributed by atoms with Crippen LogP contribution in [0.2, 0.25) is 0 Å². The molecule has 0 saturated heterocycles. The highest BCUT2D eigenvalue weighted by Crippen LogP contribution is 2.39. The van der Waals surface area contributed by atoms with Crippen molar-refractivity contribution < 1.29 is 4.79 Å². The van der Waals surface area contributed by atoms with Gasteiger partial charge in [0.1, 0.15) is 11.1 Å². The van der Waals surface area contributed by atoms with Gasteiger partial charge in [0.15, 0.2) is 0 Å². The van der Waals surface area contributed by atoms with Crippen molar-refractivity contribution in [3.8, 4) is 6.07 Å². The van der Waals surface area contributed by atoms with E-state index in [9.17, 15) is 10.1 Å². The number of amides is 1. The number of hydrogen-bond acceptors (Lipinski definition) is 4. The molecule has 0 bridgehead atoms. The van der Waals surface area contributed by atoms with Crippen LogP contribution in [-0.4, -0.2) is 24.4 Å². The number of rotatable bonds is 5. The predicted molar refractivity (Wildman–Crippen MR) is 102 cm³/mol. The topological polar surface area (TPSA) is 56.1 Å². The van der Waals surface area contributed by atoms with Gasteiger partial charge >= 0.3 is 0 Å². The van der Waals surface area contributed by atoms with Crippen LogP contribution in [0.1, 0.15) is 34.9 Å². The number of hydrogen-bond donors (Lipinski definition) is 1. The van der Waals surface area contributed by atoms with Crippen molar-refractivity contribution in [1.82, 2.24) is 4.90 Å². The van der Waals surface area contributed by atoms with Crippen LogP contribution in [-0.2, 0) is 24.2 Å². The summed E-state index contributed by atoms with van der Waals surface area (Å²) >= 11 is 1.58. The van der Waals surface area contributed by atoms with Gasteiger partial charge in [0.2, 0.25) is 5.91 Å². The molecular formula is C20H23N3OS. The lowest BCUT2D eigenvalue weighted by Crippen LogP contribution is -2.29. The summed E-state index contributed by atoms with van der Waals surface area (Å²) in [6, 6.07) is 12.4. The summed E-state index contributed by atoms with van der Waals surface area (Å²) in [5.74, 6) is 0.583. The SMILES string of the molecule is C[C@@H]1CCc2c(sc(NC(=O)CN(C)Cc3ccccc3)c2C#N)C1. The molecule has 5 heteroatoms. The Morgan fingerprint density at radius 1 is 1.40 bits per heavy atom. The zero-order chi connectivity index (χ0) is 17.8. The summed E-state index contributed by atoms with van der Waals surface area (Å²) in [6.45, 7) is 3.27. The van der Waals surface area contributed by atoms with Gasteiger partial charge in [0.25, 0.3) is 0 Å². The fraction of sp³-hybridized carbons (Fsp3) is 0.400. The molecule has 0 saturated carbocycles. The molecule has 1 aliphatic carbocycles. The molecule has 0 fully saturated rings. The highest BCUT2D eigenvalue weighted by Gasteiger charge is 2.24. The third-order valence-corrected chi connectivity index (χ3v) is 5.76. The summed E-state index contributed by atoms with van der Waals surface area (Å²) in [5, 5.41) is 13.2. The molecule has 1 aliphatic rings. The van der Waals surface area contributed by atoms with Crippen molar-refractivity contribution in [2.24, 2.45) is 5.92 Å². The Kier molecular flexibility index (Phi) is 5.52. The predicted octanol–water partition coefficient (Wildman–Crippen LogP) is 3.82. The van der Waals surface area contributed by atoms with Gasteiger partial charge in [-0.3, -0.25) is 9.69 Å². The van der Waals surface area contributed by atoms with Crippen molar-refractivity contribution in [2.75, 3.05) is 18.9 Å². The first kappa shape index (κ1) is 17.7. The van der Waals surface area contributed by atoms with E-state index < -0.39 is 0 Å². The van der Waals surface area contributed by atoms with Crippen LogP contribution in [0, 0.1) is 17.2 Å². The van der Waals surface area contributed by atoms with Crippen LogP contribution < -0.4 is 5.32 Å². The van der Waals surface area contributed by atoms with E-state index in [1.54, 1.807) is 11.3 Å². The molecule has 1 aromatic carbocycles. The van der Waals surface area contributed by atoms with Crippen molar-refractivity contribution in [3.05, 3.63) is 51.9 Å². The Hall–Kier alpha value is -2.16. The number of anilines is 1. The minimum atomic E-state index is -0.0680. The second kappa shape index (κ2) is 7.81. The number of carbonyl (C=O) groups is 1. The van der Waals surface area contributed by atoms with E-state index in [0.717, 1.165) is 36.4 Å².